The van der Waals surface area contributed by atoms with Crippen LogP contribution in [0.2, 0.25) is 5.02 Å². The lowest BCUT2D eigenvalue weighted by Gasteiger charge is -2.07. The van der Waals surface area contributed by atoms with E-state index in [1.54, 1.807) is 12.1 Å². The van der Waals surface area contributed by atoms with Crippen LogP contribution in [-0.2, 0) is 14.3 Å². The molecule has 0 heterocycles. The first-order valence-corrected chi connectivity index (χ1v) is 8.59. The molecule has 25 heavy (non-hydrogen) atoms. The highest BCUT2D eigenvalue weighted by atomic mass is 35.5. The second kappa shape index (κ2) is 9.39. The van der Waals surface area contributed by atoms with E-state index < -0.39 is 30.1 Å². The SMILES string of the molecule is O=C(COC(=O)CCSc1ccc(Cl)cc1)Nc1ccc(F)c(F)c1. The number of rotatable bonds is 7. The number of esters is 1. The number of halogens is 3. The van der Waals surface area contributed by atoms with E-state index >= 15 is 0 Å². The van der Waals surface area contributed by atoms with Crippen molar-refractivity contribution in [2.75, 3.05) is 17.7 Å². The van der Waals surface area contributed by atoms with Crippen molar-refractivity contribution in [1.29, 1.82) is 0 Å². The standard InChI is InChI=1S/C17H14ClF2NO3S/c18-11-1-4-13(5-2-11)25-8-7-17(23)24-10-16(22)21-12-3-6-14(19)15(20)9-12/h1-6,9H,7-8,10H2,(H,21,22). The lowest BCUT2D eigenvalue weighted by molar-refractivity contribution is -0.146. The van der Waals surface area contributed by atoms with Gasteiger partial charge in [0, 0.05) is 27.4 Å². The number of anilines is 1. The Bertz CT molecular complexity index is 756. The van der Waals surface area contributed by atoms with Gasteiger partial charge in [0.1, 0.15) is 0 Å². The van der Waals surface area contributed by atoms with Crippen molar-refractivity contribution in [3.05, 3.63) is 59.1 Å². The van der Waals surface area contributed by atoms with E-state index in [2.05, 4.69) is 5.32 Å². The number of benzene rings is 2. The third kappa shape index (κ3) is 6.72. The molecule has 4 nitrogen and oxygen atoms in total. The van der Waals surface area contributed by atoms with Gasteiger partial charge in [0.15, 0.2) is 18.2 Å². The monoisotopic (exact) mass is 385 g/mol. The number of nitrogens with one attached hydrogen (secondary N) is 1. The van der Waals surface area contributed by atoms with Gasteiger partial charge in [-0.25, -0.2) is 8.78 Å². The fraction of sp³-hybridized carbons (Fsp3) is 0.176. The fourth-order valence-electron chi connectivity index (χ4n) is 1.77. The van der Waals surface area contributed by atoms with Crippen LogP contribution in [0.4, 0.5) is 14.5 Å². The molecular weight excluding hydrogens is 372 g/mol. The lowest BCUT2D eigenvalue weighted by Crippen LogP contribution is -2.21. The third-order valence-electron chi connectivity index (χ3n) is 2.96. The molecule has 0 aliphatic rings. The summed E-state index contributed by atoms with van der Waals surface area (Å²) < 4.78 is 30.6. The Kier molecular flexibility index (Phi) is 7.21. The molecular formula is C17H14ClF2NO3S. The van der Waals surface area contributed by atoms with Crippen LogP contribution in [-0.4, -0.2) is 24.2 Å². The van der Waals surface area contributed by atoms with Crippen molar-refractivity contribution in [2.45, 2.75) is 11.3 Å². The van der Waals surface area contributed by atoms with Crippen LogP contribution in [0.3, 0.4) is 0 Å². The third-order valence-corrected chi connectivity index (χ3v) is 4.22. The van der Waals surface area contributed by atoms with Crippen LogP contribution in [0.5, 0.6) is 0 Å². The number of ether oxygens (including phenoxy) is 1. The van der Waals surface area contributed by atoms with E-state index in [0.717, 1.165) is 17.0 Å². The molecule has 0 radical (unpaired) electrons. The Morgan fingerprint density at radius 1 is 1.08 bits per heavy atom. The van der Waals surface area contributed by atoms with Crippen molar-refractivity contribution in [3.63, 3.8) is 0 Å². The average Bonchev–Trinajstić information content (AvgIpc) is 2.58. The molecule has 1 N–H and O–H groups in total. The molecule has 0 unspecified atom stereocenters. The predicted molar refractivity (Wildman–Crippen MR) is 92.7 cm³/mol. The maximum atomic E-state index is 13.0. The normalized spacial score (nSPS) is 10.4. The van der Waals surface area contributed by atoms with Crippen LogP contribution in [0.15, 0.2) is 47.4 Å². The maximum Gasteiger partial charge on any atom is 0.307 e. The van der Waals surface area contributed by atoms with Gasteiger partial charge in [0.25, 0.3) is 5.91 Å². The highest BCUT2D eigenvalue weighted by Crippen LogP contribution is 2.21. The van der Waals surface area contributed by atoms with E-state index in [0.29, 0.717) is 10.8 Å². The van der Waals surface area contributed by atoms with Crippen LogP contribution < -0.4 is 5.32 Å². The topological polar surface area (TPSA) is 55.4 Å². The van der Waals surface area contributed by atoms with Crippen LogP contribution in [0.25, 0.3) is 0 Å². The minimum absolute atomic E-state index is 0.0817. The Morgan fingerprint density at radius 3 is 2.48 bits per heavy atom. The van der Waals surface area contributed by atoms with E-state index in [-0.39, 0.29) is 12.1 Å². The van der Waals surface area contributed by atoms with E-state index in [1.165, 1.54) is 17.8 Å². The highest BCUT2D eigenvalue weighted by molar-refractivity contribution is 7.99. The van der Waals surface area contributed by atoms with Crippen molar-refractivity contribution in [3.8, 4) is 0 Å². The fourth-order valence-corrected chi connectivity index (χ4v) is 2.73. The highest BCUT2D eigenvalue weighted by Gasteiger charge is 2.10. The maximum absolute atomic E-state index is 13.0. The van der Waals surface area contributed by atoms with Gasteiger partial charge in [-0.15, -0.1) is 11.8 Å². The molecule has 0 aromatic heterocycles. The molecule has 0 saturated carbocycles. The molecule has 0 fully saturated rings. The number of hydrogen-bond acceptors (Lipinski definition) is 4. The lowest BCUT2D eigenvalue weighted by atomic mass is 10.3. The molecule has 0 saturated heterocycles. The van der Waals surface area contributed by atoms with Crippen LogP contribution in [0.1, 0.15) is 6.42 Å². The molecule has 1 amide bonds. The zero-order valence-electron chi connectivity index (χ0n) is 12.9. The number of carbonyl (C=O) groups excluding carboxylic acids is 2. The van der Waals surface area contributed by atoms with Gasteiger partial charge in [0.05, 0.1) is 6.42 Å². The quantitative estimate of drug-likeness (QED) is 0.571. The van der Waals surface area contributed by atoms with E-state index in [4.69, 9.17) is 16.3 Å². The Labute approximate surface area is 152 Å². The molecule has 0 aliphatic carbocycles. The first kappa shape index (κ1) is 19.2. The zero-order valence-corrected chi connectivity index (χ0v) is 14.5. The molecule has 132 valence electrons. The van der Waals surface area contributed by atoms with Crippen molar-refractivity contribution in [1.82, 2.24) is 0 Å². The number of carbonyl (C=O) groups is 2. The van der Waals surface area contributed by atoms with Gasteiger partial charge in [-0.1, -0.05) is 11.6 Å². The number of amides is 1. The van der Waals surface area contributed by atoms with Crippen molar-refractivity contribution < 1.29 is 23.1 Å². The summed E-state index contributed by atoms with van der Waals surface area (Å²) in [5.41, 5.74) is 0.0817. The summed E-state index contributed by atoms with van der Waals surface area (Å²) in [6.07, 6.45) is 0.131. The molecule has 0 aliphatic heterocycles. The van der Waals surface area contributed by atoms with Gasteiger partial charge < -0.3 is 10.1 Å². The van der Waals surface area contributed by atoms with E-state index in [9.17, 15) is 18.4 Å². The van der Waals surface area contributed by atoms with Gasteiger partial charge >= 0.3 is 5.97 Å². The number of hydrogen-bond donors (Lipinski definition) is 1. The summed E-state index contributed by atoms with van der Waals surface area (Å²) in [6, 6.07) is 10.1. The van der Waals surface area contributed by atoms with Gasteiger partial charge in [-0.05, 0) is 36.4 Å². The van der Waals surface area contributed by atoms with Crippen molar-refractivity contribution >= 4 is 40.9 Å². The Hall–Kier alpha value is -2.12. The molecule has 2 aromatic carbocycles. The first-order valence-electron chi connectivity index (χ1n) is 7.23. The molecule has 0 bridgehead atoms. The Balaban J connectivity index is 1.67. The average molecular weight is 386 g/mol. The van der Waals surface area contributed by atoms with Gasteiger partial charge in [0.2, 0.25) is 0 Å². The number of thioether (sulfide) groups is 1. The predicted octanol–water partition coefficient (Wildman–Crippen LogP) is 4.28. The van der Waals surface area contributed by atoms with Crippen LogP contribution >= 0.6 is 23.4 Å². The molecule has 8 heteroatoms. The zero-order chi connectivity index (χ0) is 18.2. The summed E-state index contributed by atoms with van der Waals surface area (Å²) in [6.45, 7) is -0.497. The summed E-state index contributed by atoms with van der Waals surface area (Å²) in [5.74, 6) is -2.76. The minimum atomic E-state index is -1.07. The first-order chi connectivity index (χ1) is 11.9. The molecule has 0 spiro atoms. The summed E-state index contributed by atoms with van der Waals surface area (Å²) in [5, 5.41) is 2.95. The molecule has 2 rings (SSSR count). The Morgan fingerprint density at radius 2 is 1.80 bits per heavy atom. The van der Waals surface area contributed by atoms with Gasteiger partial charge in [-0.2, -0.15) is 0 Å². The largest absolute Gasteiger partial charge is 0.456 e. The van der Waals surface area contributed by atoms with Crippen molar-refractivity contribution in [2.24, 2.45) is 0 Å². The molecule has 0 atom stereocenters. The van der Waals surface area contributed by atoms with Gasteiger partial charge in [-0.3, -0.25) is 9.59 Å². The smallest absolute Gasteiger partial charge is 0.307 e. The summed E-state index contributed by atoms with van der Waals surface area (Å²) in [4.78, 5) is 24.2. The minimum Gasteiger partial charge on any atom is -0.456 e. The second-order valence-electron chi connectivity index (χ2n) is 4.89. The van der Waals surface area contributed by atoms with Crippen LogP contribution in [0, 0.1) is 11.6 Å². The van der Waals surface area contributed by atoms with E-state index in [1.807, 2.05) is 12.1 Å². The second-order valence-corrected chi connectivity index (χ2v) is 6.49. The summed E-state index contributed by atoms with van der Waals surface area (Å²) >= 11 is 7.24. The summed E-state index contributed by atoms with van der Waals surface area (Å²) in [7, 11) is 0. The molecule has 2 aromatic rings.